The Balaban J connectivity index is 3.43. The van der Waals surface area contributed by atoms with Gasteiger partial charge >= 0.3 is 0 Å². The molecule has 0 saturated carbocycles. The number of aliphatic imine (C=N–C) groups is 1. The highest BCUT2D eigenvalue weighted by atomic mass is 19.3. The number of nitrogen functional groups attached to an aromatic ring is 1. The van der Waals surface area contributed by atoms with Crippen LogP contribution in [0.3, 0.4) is 0 Å². The maximum Gasteiger partial charge on any atom is 0.270 e. The van der Waals surface area contributed by atoms with Gasteiger partial charge in [0, 0.05) is 29.9 Å². The van der Waals surface area contributed by atoms with Gasteiger partial charge in [0.2, 0.25) is 0 Å². The number of allylic oxidation sites excluding steroid dienone is 2. The van der Waals surface area contributed by atoms with Gasteiger partial charge < -0.3 is 5.73 Å². The summed E-state index contributed by atoms with van der Waals surface area (Å²) in [5.74, 6) is -2.91. The summed E-state index contributed by atoms with van der Waals surface area (Å²) in [5.41, 5.74) is 8.18. The van der Waals surface area contributed by atoms with Crippen molar-refractivity contribution in [2.45, 2.75) is 26.7 Å². The molecule has 0 heterocycles. The lowest BCUT2D eigenvalue weighted by Crippen LogP contribution is -2.10. The van der Waals surface area contributed by atoms with Crippen LogP contribution in [0.15, 0.2) is 47.6 Å². The van der Waals surface area contributed by atoms with E-state index in [1.807, 2.05) is 13.8 Å². The zero-order chi connectivity index (χ0) is 14.6. The molecule has 2 nitrogen and oxygen atoms in total. The average molecular weight is 264 g/mol. The Morgan fingerprint density at radius 2 is 2.00 bits per heavy atom. The number of nitrogens with zero attached hydrogens (tertiary/aromatic N) is 1. The molecule has 19 heavy (non-hydrogen) atoms. The zero-order valence-electron chi connectivity index (χ0n) is 11.4. The summed E-state index contributed by atoms with van der Waals surface area (Å²) in [6.45, 7) is 8.17. The second kappa shape index (κ2) is 5.78. The SMILES string of the molecule is C=CN=C(C=C(C)C)c1cc(C(C)(F)F)ccc1N. The molecular formula is C15H18F2N2. The fourth-order valence-electron chi connectivity index (χ4n) is 1.61. The van der Waals surface area contributed by atoms with Gasteiger partial charge in [-0.1, -0.05) is 18.2 Å². The molecule has 2 N–H and O–H groups in total. The fourth-order valence-corrected chi connectivity index (χ4v) is 1.61. The van der Waals surface area contributed by atoms with E-state index in [0.717, 1.165) is 12.5 Å². The third-order valence-corrected chi connectivity index (χ3v) is 2.49. The highest BCUT2D eigenvalue weighted by Crippen LogP contribution is 2.29. The van der Waals surface area contributed by atoms with E-state index in [1.54, 1.807) is 6.08 Å². The Bertz CT molecular complexity index is 534. The van der Waals surface area contributed by atoms with Crippen LogP contribution in [0.4, 0.5) is 14.5 Å². The van der Waals surface area contributed by atoms with Crippen molar-refractivity contribution in [3.63, 3.8) is 0 Å². The molecular weight excluding hydrogens is 246 g/mol. The number of nitrogens with two attached hydrogens (primary N) is 1. The minimum Gasteiger partial charge on any atom is -0.398 e. The van der Waals surface area contributed by atoms with E-state index >= 15 is 0 Å². The van der Waals surface area contributed by atoms with Crippen molar-refractivity contribution < 1.29 is 8.78 Å². The van der Waals surface area contributed by atoms with Gasteiger partial charge in [-0.15, -0.1) is 0 Å². The van der Waals surface area contributed by atoms with E-state index in [4.69, 9.17) is 5.73 Å². The maximum atomic E-state index is 13.4. The number of halogens is 2. The number of hydrogen-bond acceptors (Lipinski definition) is 2. The van der Waals surface area contributed by atoms with Crippen molar-refractivity contribution in [1.29, 1.82) is 0 Å². The van der Waals surface area contributed by atoms with Crippen LogP contribution in [0, 0.1) is 0 Å². The lowest BCUT2D eigenvalue weighted by Gasteiger charge is -2.14. The van der Waals surface area contributed by atoms with Gasteiger partial charge in [-0.25, -0.2) is 8.78 Å². The summed E-state index contributed by atoms with van der Waals surface area (Å²) < 4.78 is 26.7. The van der Waals surface area contributed by atoms with Crippen LogP contribution in [0.1, 0.15) is 31.9 Å². The fraction of sp³-hybridized carbons (Fsp3) is 0.267. The third-order valence-electron chi connectivity index (χ3n) is 2.49. The summed E-state index contributed by atoms with van der Waals surface area (Å²) in [6.07, 6.45) is 3.15. The van der Waals surface area contributed by atoms with Crippen molar-refractivity contribution in [3.8, 4) is 0 Å². The second-order valence-corrected chi connectivity index (χ2v) is 4.61. The Morgan fingerprint density at radius 3 is 2.47 bits per heavy atom. The Kier molecular flexibility index (Phi) is 4.59. The molecule has 0 bridgehead atoms. The predicted octanol–water partition coefficient (Wildman–Crippen LogP) is 4.28. The molecule has 0 amide bonds. The summed E-state index contributed by atoms with van der Waals surface area (Å²) in [6, 6.07) is 4.17. The monoisotopic (exact) mass is 264 g/mol. The molecule has 0 saturated heterocycles. The predicted molar refractivity (Wildman–Crippen MR) is 76.6 cm³/mol. The first-order valence-corrected chi connectivity index (χ1v) is 5.87. The maximum absolute atomic E-state index is 13.4. The first-order valence-electron chi connectivity index (χ1n) is 5.87. The van der Waals surface area contributed by atoms with Crippen LogP contribution in [-0.2, 0) is 5.92 Å². The summed E-state index contributed by atoms with van der Waals surface area (Å²) in [4.78, 5) is 4.10. The molecule has 0 atom stereocenters. The zero-order valence-corrected chi connectivity index (χ0v) is 11.4. The smallest absolute Gasteiger partial charge is 0.270 e. The molecule has 0 aromatic heterocycles. The quantitative estimate of drug-likeness (QED) is 0.639. The van der Waals surface area contributed by atoms with E-state index in [-0.39, 0.29) is 5.56 Å². The van der Waals surface area contributed by atoms with E-state index in [0.29, 0.717) is 17.0 Å². The lowest BCUT2D eigenvalue weighted by molar-refractivity contribution is 0.0175. The molecule has 0 aliphatic carbocycles. The Labute approximate surface area is 112 Å². The molecule has 0 fully saturated rings. The average Bonchev–Trinajstić information content (AvgIpc) is 2.27. The molecule has 1 aromatic carbocycles. The molecule has 4 heteroatoms. The molecule has 0 aliphatic heterocycles. The highest BCUT2D eigenvalue weighted by molar-refractivity contribution is 6.12. The first kappa shape index (κ1) is 15.1. The normalized spacial score (nSPS) is 12.2. The summed E-state index contributed by atoms with van der Waals surface area (Å²) in [5, 5.41) is 0. The Hall–Kier alpha value is -1.97. The Morgan fingerprint density at radius 1 is 1.37 bits per heavy atom. The largest absolute Gasteiger partial charge is 0.398 e. The number of alkyl halides is 2. The number of anilines is 1. The van der Waals surface area contributed by atoms with Gasteiger partial charge in [-0.2, -0.15) is 0 Å². The van der Waals surface area contributed by atoms with Crippen molar-refractivity contribution in [2.75, 3.05) is 5.73 Å². The van der Waals surface area contributed by atoms with Crippen LogP contribution in [0.2, 0.25) is 0 Å². The summed E-state index contributed by atoms with van der Waals surface area (Å²) >= 11 is 0. The standard InChI is InChI=1S/C15H18F2N2/c1-5-19-14(8-10(2)3)12-9-11(15(4,16)17)6-7-13(12)18/h5-9H,1,18H2,2-4H3. The van der Waals surface area contributed by atoms with Crippen LogP contribution < -0.4 is 5.73 Å². The van der Waals surface area contributed by atoms with E-state index in [9.17, 15) is 8.78 Å². The van der Waals surface area contributed by atoms with Gasteiger partial charge in [0.1, 0.15) is 0 Å². The third kappa shape index (κ3) is 4.02. The van der Waals surface area contributed by atoms with Crippen molar-refractivity contribution in [2.24, 2.45) is 4.99 Å². The highest BCUT2D eigenvalue weighted by Gasteiger charge is 2.25. The number of hydrogen-bond donors (Lipinski definition) is 1. The molecule has 0 unspecified atom stereocenters. The minimum absolute atomic E-state index is 0.0874. The summed E-state index contributed by atoms with van der Waals surface area (Å²) in [7, 11) is 0. The molecule has 102 valence electrons. The molecule has 0 radical (unpaired) electrons. The molecule has 0 spiro atoms. The van der Waals surface area contributed by atoms with Crippen LogP contribution in [-0.4, -0.2) is 5.71 Å². The second-order valence-electron chi connectivity index (χ2n) is 4.61. The van der Waals surface area contributed by atoms with E-state index in [2.05, 4.69) is 11.6 Å². The minimum atomic E-state index is -2.91. The van der Waals surface area contributed by atoms with Gasteiger partial charge in [-0.05, 0) is 32.1 Å². The van der Waals surface area contributed by atoms with Crippen LogP contribution >= 0.6 is 0 Å². The van der Waals surface area contributed by atoms with Crippen molar-refractivity contribution in [3.05, 3.63) is 53.8 Å². The van der Waals surface area contributed by atoms with E-state index < -0.39 is 5.92 Å². The number of benzene rings is 1. The topological polar surface area (TPSA) is 38.4 Å². The first-order chi connectivity index (χ1) is 8.75. The van der Waals surface area contributed by atoms with Crippen LogP contribution in [0.25, 0.3) is 0 Å². The van der Waals surface area contributed by atoms with Crippen molar-refractivity contribution in [1.82, 2.24) is 0 Å². The number of rotatable bonds is 4. The molecule has 0 aliphatic rings. The van der Waals surface area contributed by atoms with E-state index in [1.165, 1.54) is 24.4 Å². The van der Waals surface area contributed by atoms with Gasteiger partial charge in [0.25, 0.3) is 5.92 Å². The van der Waals surface area contributed by atoms with Gasteiger partial charge in [0.15, 0.2) is 0 Å². The lowest BCUT2D eigenvalue weighted by atomic mass is 10.00. The molecule has 1 aromatic rings. The van der Waals surface area contributed by atoms with Gasteiger partial charge in [-0.3, -0.25) is 4.99 Å². The van der Waals surface area contributed by atoms with Crippen molar-refractivity contribution >= 4 is 11.4 Å². The molecule has 1 rings (SSSR count). The van der Waals surface area contributed by atoms with Crippen LogP contribution in [0.5, 0.6) is 0 Å². The van der Waals surface area contributed by atoms with Gasteiger partial charge in [0.05, 0.1) is 5.71 Å².